The lowest BCUT2D eigenvalue weighted by Gasteiger charge is -2.06. The summed E-state index contributed by atoms with van der Waals surface area (Å²) in [7, 11) is 0. The van der Waals surface area contributed by atoms with E-state index in [4.69, 9.17) is 5.73 Å². The van der Waals surface area contributed by atoms with E-state index in [-0.39, 0.29) is 24.0 Å². The topological polar surface area (TPSA) is 63.3 Å². The van der Waals surface area contributed by atoms with Crippen LogP contribution in [0.4, 0.5) is 5.69 Å². The third-order valence-electron chi connectivity index (χ3n) is 3.61. The number of benzene rings is 2. The van der Waals surface area contributed by atoms with E-state index in [0.29, 0.717) is 12.5 Å². The van der Waals surface area contributed by atoms with Gasteiger partial charge in [-0.3, -0.25) is 0 Å². The molecular formula is C19H21IN4S. The van der Waals surface area contributed by atoms with Crippen LogP contribution in [-0.2, 0) is 13.0 Å². The van der Waals surface area contributed by atoms with E-state index in [1.54, 1.807) is 11.3 Å². The number of nitrogens with zero attached hydrogens (tertiary/aromatic N) is 2. The molecule has 0 atom stereocenters. The second kappa shape index (κ2) is 9.53. The first-order chi connectivity index (χ1) is 11.7. The number of aromatic nitrogens is 1. The van der Waals surface area contributed by atoms with Gasteiger partial charge in [-0.15, -0.1) is 35.3 Å². The SMILES string of the molecule is CCc1cccc(NC(N)=NCc2nc(-c3ccccc3)cs2)c1.I. The number of rotatable bonds is 5. The van der Waals surface area contributed by atoms with Crippen molar-refractivity contribution in [3.8, 4) is 11.3 Å². The van der Waals surface area contributed by atoms with E-state index in [2.05, 4.69) is 51.9 Å². The van der Waals surface area contributed by atoms with Crippen LogP contribution in [0.15, 0.2) is 65.0 Å². The Hall–Kier alpha value is -1.93. The lowest BCUT2D eigenvalue weighted by Crippen LogP contribution is -2.22. The number of guanidine groups is 1. The molecule has 0 saturated carbocycles. The molecule has 0 saturated heterocycles. The highest BCUT2D eigenvalue weighted by atomic mass is 127. The summed E-state index contributed by atoms with van der Waals surface area (Å²) < 4.78 is 0. The minimum Gasteiger partial charge on any atom is -0.370 e. The van der Waals surface area contributed by atoms with Crippen LogP contribution in [0.2, 0.25) is 0 Å². The second-order valence-corrected chi connectivity index (χ2v) is 6.32. The van der Waals surface area contributed by atoms with Gasteiger partial charge in [0.15, 0.2) is 5.96 Å². The van der Waals surface area contributed by atoms with Gasteiger partial charge in [-0.25, -0.2) is 9.98 Å². The fourth-order valence-electron chi connectivity index (χ4n) is 2.33. The molecule has 0 aliphatic heterocycles. The van der Waals surface area contributed by atoms with Crippen molar-refractivity contribution in [2.45, 2.75) is 19.9 Å². The van der Waals surface area contributed by atoms with Crippen molar-refractivity contribution >= 4 is 47.0 Å². The van der Waals surface area contributed by atoms with Gasteiger partial charge in [0.25, 0.3) is 0 Å². The van der Waals surface area contributed by atoms with Gasteiger partial charge in [-0.1, -0.05) is 49.4 Å². The standard InChI is InChI=1S/C19H20N4S.HI/c1-2-14-7-6-10-16(11-14)22-19(20)21-12-18-23-17(13-24-18)15-8-4-3-5-9-15;/h3-11,13H,2,12H2,1H3,(H3,20,21,22);1H. The predicted molar refractivity (Wildman–Crippen MR) is 118 cm³/mol. The summed E-state index contributed by atoms with van der Waals surface area (Å²) in [5.74, 6) is 0.403. The Morgan fingerprint density at radius 2 is 1.96 bits per heavy atom. The average molecular weight is 464 g/mol. The molecule has 0 aliphatic carbocycles. The van der Waals surface area contributed by atoms with Crippen LogP contribution in [0.1, 0.15) is 17.5 Å². The van der Waals surface area contributed by atoms with Crippen LogP contribution in [0.25, 0.3) is 11.3 Å². The fraction of sp³-hybridized carbons (Fsp3) is 0.158. The van der Waals surface area contributed by atoms with Crippen molar-refractivity contribution in [2.75, 3.05) is 5.32 Å². The Morgan fingerprint density at radius 3 is 2.72 bits per heavy atom. The monoisotopic (exact) mass is 464 g/mol. The van der Waals surface area contributed by atoms with Crippen LogP contribution >= 0.6 is 35.3 Å². The smallest absolute Gasteiger partial charge is 0.193 e. The summed E-state index contributed by atoms with van der Waals surface area (Å²) in [5.41, 5.74) is 10.3. The lowest BCUT2D eigenvalue weighted by atomic mass is 10.1. The maximum absolute atomic E-state index is 5.98. The van der Waals surface area contributed by atoms with Crippen molar-refractivity contribution in [1.82, 2.24) is 4.98 Å². The summed E-state index contributed by atoms with van der Waals surface area (Å²) in [6.07, 6.45) is 0.994. The van der Waals surface area contributed by atoms with Gasteiger partial charge in [-0.05, 0) is 24.1 Å². The molecule has 6 heteroatoms. The van der Waals surface area contributed by atoms with Gasteiger partial charge in [0, 0.05) is 16.6 Å². The van der Waals surface area contributed by atoms with Crippen LogP contribution in [-0.4, -0.2) is 10.9 Å². The van der Waals surface area contributed by atoms with E-state index >= 15 is 0 Å². The molecule has 0 unspecified atom stereocenters. The van der Waals surface area contributed by atoms with Gasteiger partial charge in [0.2, 0.25) is 0 Å². The van der Waals surface area contributed by atoms with Crippen LogP contribution in [0.3, 0.4) is 0 Å². The van der Waals surface area contributed by atoms with E-state index in [1.807, 2.05) is 30.3 Å². The molecule has 0 radical (unpaired) electrons. The first kappa shape index (κ1) is 19.4. The summed E-state index contributed by atoms with van der Waals surface area (Å²) in [5, 5.41) is 6.13. The van der Waals surface area contributed by atoms with Gasteiger partial charge >= 0.3 is 0 Å². The van der Waals surface area contributed by atoms with E-state index in [9.17, 15) is 0 Å². The molecule has 0 aliphatic rings. The number of aryl methyl sites for hydroxylation is 1. The second-order valence-electron chi connectivity index (χ2n) is 5.37. The van der Waals surface area contributed by atoms with Gasteiger partial charge in [0.05, 0.1) is 12.2 Å². The molecule has 0 amide bonds. The third-order valence-corrected chi connectivity index (χ3v) is 4.45. The largest absolute Gasteiger partial charge is 0.370 e. The molecule has 1 heterocycles. The molecule has 130 valence electrons. The molecule has 1 aromatic heterocycles. The lowest BCUT2D eigenvalue weighted by molar-refractivity contribution is 1.03. The number of aliphatic imine (C=N–C) groups is 1. The van der Waals surface area contributed by atoms with Crippen LogP contribution in [0, 0.1) is 0 Å². The van der Waals surface area contributed by atoms with Crippen molar-refractivity contribution < 1.29 is 0 Å². The molecule has 3 aromatic rings. The number of hydrogen-bond acceptors (Lipinski definition) is 3. The molecule has 3 rings (SSSR count). The number of anilines is 1. The van der Waals surface area contributed by atoms with Gasteiger partial charge in [0.1, 0.15) is 5.01 Å². The molecular weight excluding hydrogens is 443 g/mol. The van der Waals surface area contributed by atoms with Crippen molar-refractivity contribution in [3.05, 3.63) is 70.5 Å². The van der Waals surface area contributed by atoms with E-state index < -0.39 is 0 Å². The van der Waals surface area contributed by atoms with E-state index in [0.717, 1.165) is 28.4 Å². The van der Waals surface area contributed by atoms with Gasteiger partial charge in [-0.2, -0.15) is 0 Å². The quantitative estimate of drug-likeness (QED) is 0.320. The number of halogens is 1. The average Bonchev–Trinajstić information content (AvgIpc) is 3.10. The summed E-state index contributed by atoms with van der Waals surface area (Å²) in [6.45, 7) is 2.60. The van der Waals surface area contributed by atoms with Crippen molar-refractivity contribution in [1.29, 1.82) is 0 Å². The van der Waals surface area contributed by atoms with E-state index in [1.165, 1.54) is 5.56 Å². The zero-order chi connectivity index (χ0) is 16.8. The fourth-order valence-corrected chi connectivity index (χ4v) is 3.06. The summed E-state index contributed by atoms with van der Waals surface area (Å²) >= 11 is 1.60. The zero-order valence-electron chi connectivity index (χ0n) is 14.0. The van der Waals surface area contributed by atoms with Crippen molar-refractivity contribution in [3.63, 3.8) is 0 Å². The first-order valence-corrected chi connectivity index (χ1v) is 8.78. The Labute approximate surface area is 169 Å². The number of nitrogens with one attached hydrogen (secondary N) is 1. The number of thiazole rings is 1. The van der Waals surface area contributed by atoms with Gasteiger partial charge < -0.3 is 11.1 Å². The number of nitrogens with two attached hydrogens (primary N) is 1. The summed E-state index contributed by atoms with van der Waals surface area (Å²) in [6, 6.07) is 18.3. The van der Waals surface area contributed by atoms with Crippen LogP contribution < -0.4 is 11.1 Å². The summed E-state index contributed by atoms with van der Waals surface area (Å²) in [4.78, 5) is 9.00. The molecule has 2 aromatic carbocycles. The number of hydrogen-bond donors (Lipinski definition) is 2. The zero-order valence-corrected chi connectivity index (χ0v) is 17.1. The molecule has 4 nitrogen and oxygen atoms in total. The minimum absolute atomic E-state index is 0. The molecule has 0 fully saturated rings. The first-order valence-electron chi connectivity index (χ1n) is 7.90. The predicted octanol–water partition coefficient (Wildman–Crippen LogP) is 4.92. The van der Waals surface area contributed by atoms with Crippen molar-refractivity contribution in [2.24, 2.45) is 10.7 Å². The van der Waals surface area contributed by atoms with Crippen LogP contribution in [0.5, 0.6) is 0 Å². The third kappa shape index (κ3) is 5.54. The Morgan fingerprint density at radius 1 is 1.16 bits per heavy atom. The minimum atomic E-state index is 0. The highest BCUT2D eigenvalue weighted by Gasteiger charge is 2.04. The molecule has 0 bridgehead atoms. The normalized spacial score (nSPS) is 11.0. The molecule has 3 N–H and O–H groups in total. The molecule has 25 heavy (non-hydrogen) atoms. The maximum Gasteiger partial charge on any atom is 0.193 e. The Kier molecular flexibility index (Phi) is 7.39. The molecule has 0 spiro atoms. The highest BCUT2D eigenvalue weighted by Crippen LogP contribution is 2.21. The maximum atomic E-state index is 5.98. The Bertz CT molecular complexity index is 830. The highest BCUT2D eigenvalue weighted by molar-refractivity contribution is 14.0. The Balaban J connectivity index is 0.00000225.